The molecule has 0 unspecified atom stereocenters. The number of ether oxygens (including phenoxy) is 2. The molecule has 9 aromatic carbocycles. The summed E-state index contributed by atoms with van der Waals surface area (Å²) in [7, 11) is 0. The van der Waals surface area contributed by atoms with Crippen LogP contribution in [0.1, 0.15) is 116 Å². The lowest BCUT2D eigenvalue weighted by molar-refractivity contribution is 0.477. The molecule has 4 nitrogen and oxygen atoms in total. The van der Waals surface area contributed by atoms with Crippen LogP contribution in [0, 0.1) is 13.8 Å². The van der Waals surface area contributed by atoms with E-state index in [0.717, 1.165) is 101 Å². The van der Waals surface area contributed by atoms with Crippen LogP contribution in [-0.2, 0) is 21.7 Å². The van der Waals surface area contributed by atoms with Crippen molar-refractivity contribution in [2.75, 3.05) is 9.80 Å². The molecule has 386 valence electrons. The van der Waals surface area contributed by atoms with Gasteiger partial charge in [-0.15, -0.1) is 0 Å². The minimum Gasteiger partial charge on any atom is -0.456 e. The van der Waals surface area contributed by atoms with Gasteiger partial charge in [0, 0.05) is 33.7 Å². The van der Waals surface area contributed by atoms with Crippen molar-refractivity contribution < 1.29 is 9.47 Å². The summed E-state index contributed by atoms with van der Waals surface area (Å²) in [5.74, 6) is 3.47. The Morgan fingerprint density at radius 1 is 0.321 bits per heavy atom. The van der Waals surface area contributed by atoms with Crippen LogP contribution in [0.4, 0.5) is 34.1 Å². The van der Waals surface area contributed by atoms with Crippen molar-refractivity contribution in [1.82, 2.24) is 0 Å². The van der Waals surface area contributed by atoms with E-state index < -0.39 is 0 Å². The molecule has 0 atom stereocenters. The summed E-state index contributed by atoms with van der Waals surface area (Å²) < 4.78 is 15.8. The molecular formula is C72H70B2N2O2. The average Bonchev–Trinajstić information content (AvgIpc) is 3.11. The van der Waals surface area contributed by atoms with E-state index in [2.05, 4.69) is 277 Å². The van der Waals surface area contributed by atoms with Gasteiger partial charge in [0.15, 0.2) is 0 Å². The average molecular weight is 1020 g/mol. The van der Waals surface area contributed by atoms with Gasteiger partial charge in [-0.3, -0.25) is 0 Å². The minimum absolute atomic E-state index is 0.0277. The topological polar surface area (TPSA) is 24.9 Å². The monoisotopic (exact) mass is 1020 g/mol. The Balaban J connectivity index is 1.19. The minimum atomic E-state index is -0.202. The fraction of sp³-hybridized carbons (Fsp3) is 0.250. The van der Waals surface area contributed by atoms with Gasteiger partial charge in [0.05, 0.1) is 11.4 Å². The van der Waals surface area contributed by atoms with Crippen molar-refractivity contribution in [2.45, 2.75) is 119 Å². The van der Waals surface area contributed by atoms with Crippen molar-refractivity contribution in [3.63, 3.8) is 0 Å². The zero-order chi connectivity index (χ0) is 54.5. The van der Waals surface area contributed by atoms with Crippen molar-refractivity contribution in [2.24, 2.45) is 0 Å². The van der Waals surface area contributed by atoms with Crippen molar-refractivity contribution in [3.05, 3.63) is 203 Å². The molecule has 0 aliphatic carbocycles. The van der Waals surface area contributed by atoms with Gasteiger partial charge in [0.1, 0.15) is 23.0 Å². The first kappa shape index (κ1) is 49.9. The lowest BCUT2D eigenvalue weighted by Gasteiger charge is -2.47. The molecule has 4 aliphatic heterocycles. The van der Waals surface area contributed by atoms with E-state index in [1.165, 1.54) is 44.3 Å². The third-order valence-electron chi connectivity index (χ3n) is 17.2. The molecule has 78 heavy (non-hydrogen) atoms. The van der Waals surface area contributed by atoms with Crippen LogP contribution in [0.2, 0.25) is 0 Å². The van der Waals surface area contributed by atoms with Crippen LogP contribution in [-0.4, -0.2) is 13.4 Å². The number of fused-ring (bicyclic) bond motifs is 10. The smallest absolute Gasteiger partial charge is 0.256 e. The summed E-state index contributed by atoms with van der Waals surface area (Å²) in [6.45, 7) is 31.6. The van der Waals surface area contributed by atoms with E-state index in [1.54, 1.807) is 0 Å². The van der Waals surface area contributed by atoms with Crippen LogP contribution in [0.5, 0.6) is 23.0 Å². The van der Waals surface area contributed by atoms with Crippen molar-refractivity contribution in [1.29, 1.82) is 0 Å². The quantitative estimate of drug-likeness (QED) is 0.164. The molecule has 0 saturated carbocycles. The Bertz CT molecular complexity index is 3650. The van der Waals surface area contributed by atoms with Gasteiger partial charge in [-0.05, 0) is 150 Å². The molecule has 0 fully saturated rings. The predicted octanol–water partition coefficient (Wildman–Crippen LogP) is 15.6. The third-order valence-corrected chi connectivity index (χ3v) is 17.2. The molecule has 4 aliphatic rings. The SMILES string of the molecule is Cc1ccc(-c2ccc3c(c2)Oc2c4c(c5c6c2N(c2ccc(C(C)(C)C)cc2)c2ccc(C(C)(C)C)cc2B6c2ccc(-c6ccc(C)cc6)cc2O5)N(c2ccc(C(C)(C)C)cc2)c2ccc(C(C)(C)C)cc2B34)cc1. The maximum Gasteiger partial charge on any atom is 0.256 e. The van der Waals surface area contributed by atoms with E-state index in [0.29, 0.717) is 0 Å². The molecule has 6 heteroatoms. The number of rotatable bonds is 4. The summed E-state index contributed by atoms with van der Waals surface area (Å²) >= 11 is 0. The van der Waals surface area contributed by atoms with Gasteiger partial charge in [0.25, 0.3) is 13.4 Å². The van der Waals surface area contributed by atoms with Gasteiger partial charge in [-0.25, -0.2) is 0 Å². The number of aryl methyl sites for hydroxylation is 2. The molecule has 0 bridgehead atoms. The molecule has 9 aromatic rings. The summed E-state index contributed by atoms with van der Waals surface area (Å²) in [5.41, 5.74) is 25.4. The number of hydrogen-bond acceptors (Lipinski definition) is 4. The predicted molar refractivity (Wildman–Crippen MR) is 333 cm³/mol. The summed E-state index contributed by atoms with van der Waals surface area (Å²) in [5, 5.41) is 0. The maximum absolute atomic E-state index is 7.91. The van der Waals surface area contributed by atoms with Crippen LogP contribution >= 0.6 is 0 Å². The van der Waals surface area contributed by atoms with E-state index in [-0.39, 0.29) is 35.1 Å². The van der Waals surface area contributed by atoms with Crippen LogP contribution in [0.15, 0.2) is 170 Å². The first-order valence-electron chi connectivity index (χ1n) is 28.1. The third kappa shape index (κ3) is 8.03. The highest BCUT2D eigenvalue weighted by molar-refractivity contribution is 7.02. The van der Waals surface area contributed by atoms with Crippen LogP contribution in [0.3, 0.4) is 0 Å². The largest absolute Gasteiger partial charge is 0.456 e. The van der Waals surface area contributed by atoms with Gasteiger partial charge in [-0.2, -0.15) is 0 Å². The molecular weight excluding hydrogens is 946 g/mol. The molecule has 0 spiro atoms. The second-order valence-corrected chi connectivity index (χ2v) is 26.8. The van der Waals surface area contributed by atoms with E-state index >= 15 is 0 Å². The molecule has 0 radical (unpaired) electrons. The van der Waals surface area contributed by atoms with Crippen LogP contribution in [0.25, 0.3) is 22.3 Å². The van der Waals surface area contributed by atoms with Crippen LogP contribution < -0.4 is 52.1 Å². The second kappa shape index (κ2) is 17.4. The Morgan fingerprint density at radius 3 is 0.974 bits per heavy atom. The second-order valence-electron chi connectivity index (χ2n) is 26.8. The highest BCUT2D eigenvalue weighted by atomic mass is 16.5. The standard InChI is InChI=1S/C72H70B2N2O2/c1-43-15-19-45(20-16-43)47-23-35-55-61(39-47)77-67-63-66(76(54-33-27-50(28-34-54)70(6,7)8)59-37-29-51(71(9,10)11)41-57(59)73(55)63)68-64-65(67)75(53-31-25-49(26-32-53)69(3,4)5)60-38-30-52(72(12,13)14)42-58(60)74(64)56-36-24-48(40-62(56)78-68)46-21-17-44(2)18-22-46/h15-42H,1-14H3. The molecule has 0 aromatic heterocycles. The molecule has 0 saturated heterocycles. The summed E-state index contributed by atoms with van der Waals surface area (Å²) in [6, 6.07) is 64.6. The first-order valence-corrected chi connectivity index (χ1v) is 28.1. The van der Waals surface area contributed by atoms with Gasteiger partial charge < -0.3 is 19.3 Å². The zero-order valence-corrected chi connectivity index (χ0v) is 48.0. The Labute approximate surface area is 464 Å². The number of hydrogen-bond donors (Lipinski definition) is 0. The summed E-state index contributed by atoms with van der Waals surface area (Å²) in [4.78, 5) is 5.03. The molecule has 4 heterocycles. The van der Waals surface area contributed by atoms with Gasteiger partial charge in [0.2, 0.25) is 0 Å². The number of nitrogens with zero attached hydrogens (tertiary/aromatic N) is 2. The molecule has 13 rings (SSSR count). The first-order chi connectivity index (χ1) is 37.0. The Kier molecular flexibility index (Phi) is 11.1. The molecule has 0 amide bonds. The van der Waals surface area contributed by atoms with Crippen molar-refractivity contribution in [3.8, 4) is 45.3 Å². The zero-order valence-electron chi connectivity index (χ0n) is 48.0. The Hall–Kier alpha value is -7.69. The summed E-state index contributed by atoms with van der Waals surface area (Å²) in [6.07, 6.45) is 0. The Morgan fingerprint density at radius 2 is 0.641 bits per heavy atom. The highest BCUT2D eigenvalue weighted by Crippen LogP contribution is 2.55. The van der Waals surface area contributed by atoms with Gasteiger partial charge >= 0.3 is 0 Å². The normalized spacial score (nSPS) is 14.1. The molecule has 0 N–H and O–H groups in total. The number of anilines is 6. The van der Waals surface area contributed by atoms with E-state index in [4.69, 9.17) is 9.47 Å². The lowest BCUT2D eigenvalue weighted by atomic mass is 9.31. The lowest BCUT2D eigenvalue weighted by Crippen LogP contribution is -2.64. The van der Waals surface area contributed by atoms with E-state index in [1.807, 2.05) is 0 Å². The highest BCUT2D eigenvalue weighted by Gasteiger charge is 2.52. The fourth-order valence-corrected chi connectivity index (χ4v) is 12.6. The van der Waals surface area contributed by atoms with Gasteiger partial charge in [-0.1, -0.05) is 216 Å². The van der Waals surface area contributed by atoms with E-state index in [9.17, 15) is 0 Å². The maximum atomic E-state index is 7.91. The fourth-order valence-electron chi connectivity index (χ4n) is 12.6. The van der Waals surface area contributed by atoms with Crippen molar-refractivity contribution >= 4 is 80.3 Å². The number of benzene rings is 9.